The molecule has 1 heterocycles. The molecule has 0 radical (unpaired) electrons. The van der Waals surface area contributed by atoms with Gasteiger partial charge in [0.05, 0.1) is 6.04 Å². The Bertz CT molecular complexity index is 569. The molecule has 1 saturated heterocycles. The number of likely N-dealkylation sites (N-methyl/N-ethyl adjacent to an activating group) is 1. The van der Waals surface area contributed by atoms with Crippen LogP contribution < -0.4 is 5.32 Å². The van der Waals surface area contributed by atoms with Crippen molar-refractivity contribution in [2.45, 2.75) is 57.2 Å². The van der Waals surface area contributed by atoms with Gasteiger partial charge in [-0.3, -0.25) is 9.59 Å². The summed E-state index contributed by atoms with van der Waals surface area (Å²) in [5.74, 6) is -0.174. The lowest BCUT2D eigenvalue weighted by Gasteiger charge is -2.39. The van der Waals surface area contributed by atoms with Crippen molar-refractivity contribution in [1.82, 2.24) is 10.2 Å². The summed E-state index contributed by atoms with van der Waals surface area (Å²) in [6.07, 6.45) is 5.10. The summed E-state index contributed by atoms with van der Waals surface area (Å²) < 4.78 is 5.69. The van der Waals surface area contributed by atoms with Crippen LogP contribution in [0.15, 0.2) is 30.3 Å². The number of hydrogen-bond acceptors (Lipinski definition) is 3. The van der Waals surface area contributed by atoms with Crippen molar-refractivity contribution < 1.29 is 14.3 Å². The number of rotatable bonds is 4. The number of hydrogen-bond donors (Lipinski definition) is 1. The summed E-state index contributed by atoms with van der Waals surface area (Å²) in [6.45, 7) is 2.65. The second kappa shape index (κ2) is 7.79. The molecule has 5 nitrogen and oxygen atoms in total. The Kier molecular flexibility index (Phi) is 5.51. The van der Waals surface area contributed by atoms with E-state index in [4.69, 9.17) is 4.74 Å². The van der Waals surface area contributed by atoms with Crippen LogP contribution >= 0.6 is 0 Å². The maximum Gasteiger partial charge on any atom is 0.254 e. The molecule has 0 aromatic heterocycles. The second-order valence-corrected chi connectivity index (χ2v) is 6.60. The van der Waals surface area contributed by atoms with Crippen LogP contribution in [0.25, 0.3) is 0 Å². The number of benzene rings is 1. The first kappa shape index (κ1) is 17.0. The Morgan fingerprint density at radius 3 is 2.58 bits per heavy atom. The Morgan fingerprint density at radius 1 is 1.21 bits per heavy atom. The minimum absolute atomic E-state index is 0.00162. The van der Waals surface area contributed by atoms with E-state index in [0.717, 1.165) is 18.4 Å². The molecule has 24 heavy (non-hydrogen) atoms. The van der Waals surface area contributed by atoms with Crippen LogP contribution in [0.1, 0.15) is 50.6 Å². The van der Waals surface area contributed by atoms with Gasteiger partial charge >= 0.3 is 0 Å². The van der Waals surface area contributed by atoms with E-state index in [0.29, 0.717) is 12.6 Å². The fourth-order valence-corrected chi connectivity index (χ4v) is 3.83. The molecule has 1 aromatic rings. The molecule has 1 N–H and O–H groups in total. The summed E-state index contributed by atoms with van der Waals surface area (Å²) in [4.78, 5) is 26.9. The van der Waals surface area contributed by atoms with Crippen molar-refractivity contribution in [3.63, 3.8) is 0 Å². The van der Waals surface area contributed by atoms with Gasteiger partial charge in [0.25, 0.3) is 5.91 Å². The van der Waals surface area contributed by atoms with Gasteiger partial charge in [0, 0.05) is 12.6 Å². The van der Waals surface area contributed by atoms with E-state index in [1.54, 1.807) is 0 Å². The number of amides is 2. The van der Waals surface area contributed by atoms with E-state index in [2.05, 4.69) is 5.32 Å². The van der Waals surface area contributed by atoms with Gasteiger partial charge in [-0.25, -0.2) is 0 Å². The molecule has 1 saturated carbocycles. The summed E-state index contributed by atoms with van der Waals surface area (Å²) in [5.41, 5.74) is 0.906. The van der Waals surface area contributed by atoms with Crippen molar-refractivity contribution in [2.24, 2.45) is 0 Å². The van der Waals surface area contributed by atoms with Crippen LogP contribution in [0, 0.1) is 0 Å². The highest BCUT2D eigenvalue weighted by Crippen LogP contribution is 2.28. The molecule has 1 aliphatic heterocycles. The average molecular weight is 330 g/mol. The van der Waals surface area contributed by atoms with Gasteiger partial charge in [0.1, 0.15) is 6.61 Å². The Labute approximate surface area is 143 Å². The molecular weight excluding hydrogens is 304 g/mol. The molecule has 0 bridgehead atoms. The monoisotopic (exact) mass is 330 g/mol. The lowest BCUT2D eigenvalue weighted by Crippen LogP contribution is -2.55. The van der Waals surface area contributed by atoms with Gasteiger partial charge in [0.15, 0.2) is 6.10 Å². The van der Waals surface area contributed by atoms with Crippen LogP contribution in [0.4, 0.5) is 0 Å². The van der Waals surface area contributed by atoms with Gasteiger partial charge in [-0.1, -0.05) is 49.6 Å². The maximum atomic E-state index is 13.2. The lowest BCUT2D eigenvalue weighted by atomic mass is 9.92. The van der Waals surface area contributed by atoms with E-state index in [-0.39, 0.29) is 18.4 Å². The maximum absolute atomic E-state index is 13.2. The molecular formula is C19H26N2O3. The SMILES string of the molecule is CCN(C(=O)[C@H]1OCC(=O)N[C@@H]1c1ccccc1)C1CCCCC1. The summed E-state index contributed by atoms with van der Waals surface area (Å²) in [7, 11) is 0. The predicted molar refractivity (Wildman–Crippen MR) is 91.3 cm³/mol. The molecule has 2 aliphatic rings. The molecule has 2 atom stereocenters. The van der Waals surface area contributed by atoms with Gasteiger partial charge in [-0.15, -0.1) is 0 Å². The van der Waals surface area contributed by atoms with Crippen molar-refractivity contribution in [2.75, 3.05) is 13.2 Å². The third-order valence-electron chi connectivity index (χ3n) is 5.05. The largest absolute Gasteiger partial charge is 0.356 e. The van der Waals surface area contributed by atoms with Crippen LogP contribution in [0.3, 0.4) is 0 Å². The zero-order valence-electron chi connectivity index (χ0n) is 14.2. The fourth-order valence-electron chi connectivity index (χ4n) is 3.83. The molecule has 2 fully saturated rings. The molecule has 1 aliphatic carbocycles. The summed E-state index contributed by atoms with van der Waals surface area (Å²) in [6, 6.07) is 9.48. The summed E-state index contributed by atoms with van der Waals surface area (Å²) in [5, 5.41) is 2.93. The van der Waals surface area contributed by atoms with Crippen molar-refractivity contribution in [1.29, 1.82) is 0 Å². The van der Waals surface area contributed by atoms with Crippen LogP contribution in [0.2, 0.25) is 0 Å². The highest BCUT2D eigenvalue weighted by atomic mass is 16.5. The predicted octanol–water partition coefficient (Wildman–Crippen LogP) is 2.42. The molecule has 130 valence electrons. The van der Waals surface area contributed by atoms with Gasteiger partial charge in [-0.2, -0.15) is 0 Å². The Balaban J connectivity index is 1.80. The Morgan fingerprint density at radius 2 is 1.92 bits per heavy atom. The molecule has 1 aromatic carbocycles. The van der Waals surface area contributed by atoms with Gasteiger partial charge in [0.2, 0.25) is 5.91 Å². The first-order chi connectivity index (χ1) is 11.7. The number of ether oxygens (including phenoxy) is 1. The van der Waals surface area contributed by atoms with Crippen molar-refractivity contribution in [3.8, 4) is 0 Å². The highest BCUT2D eigenvalue weighted by molar-refractivity contribution is 5.86. The van der Waals surface area contributed by atoms with E-state index in [1.165, 1.54) is 19.3 Å². The molecule has 3 rings (SSSR count). The van der Waals surface area contributed by atoms with E-state index < -0.39 is 12.1 Å². The first-order valence-corrected chi connectivity index (χ1v) is 8.97. The van der Waals surface area contributed by atoms with Crippen molar-refractivity contribution >= 4 is 11.8 Å². The quantitative estimate of drug-likeness (QED) is 0.922. The standard InChI is InChI=1S/C19H26N2O3/c1-2-21(15-11-7-4-8-12-15)19(23)18-17(20-16(22)13-24-18)14-9-5-3-6-10-14/h3,5-6,9-10,15,17-18H,2,4,7-8,11-13H2,1H3,(H,20,22)/t17-,18+/m1/s1. The van der Waals surface area contributed by atoms with Crippen LogP contribution in [-0.4, -0.2) is 42.0 Å². The lowest BCUT2D eigenvalue weighted by molar-refractivity contribution is -0.157. The van der Waals surface area contributed by atoms with E-state index in [9.17, 15) is 9.59 Å². The number of nitrogens with zero attached hydrogens (tertiary/aromatic N) is 1. The average Bonchev–Trinajstić information content (AvgIpc) is 2.64. The number of nitrogens with one attached hydrogen (secondary N) is 1. The van der Waals surface area contributed by atoms with Gasteiger partial charge in [-0.05, 0) is 25.3 Å². The zero-order valence-corrected chi connectivity index (χ0v) is 14.2. The molecule has 0 unspecified atom stereocenters. The van der Waals surface area contributed by atoms with Crippen molar-refractivity contribution in [3.05, 3.63) is 35.9 Å². The number of morpholine rings is 1. The second-order valence-electron chi connectivity index (χ2n) is 6.60. The van der Waals surface area contributed by atoms with Crippen LogP contribution in [0.5, 0.6) is 0 Å². The Hall–Kier alpha value is -1.88. The molecule has 5 heteroatoms. The van der Waals surface area contributed by atoms with E-state index in [1.807, 2.05) is 42.2 Å². The fraction of sp³-hybridized carbons (Fsp3) is 0.579. The third-order valence-corrected chi connectivity index (χ3v) is 5.05. The zero-order chi connectivity index (χ0) is 16.9. The van der Waals surface area contributed by atoms with Gasteiger partial charge < -0.3 is 15.0 Å². The van der Waals surface area contributed by atoms with Crippen LogP contribution in [-0.2, 0) is 14.3 Å². The summed E-state index contributed by atoms with van der Waals surface area (Å²) >= 11 is 0. The topological polar surface area (TPSA) is 58.6 Å². The number of carbonyl (C=O) groups excluding carboxylic acids is 2. The normalized spacial score (nSPS) is 25.1. The molecule has 2 amide bonds. The highest BCUT2D eigenvalue weighted by Gasteiger charge is 2.39. The number of carbonyl (C=O) groups is 2. The third kappa shape index (κ3) is 3.61. The smallest absolute Gasteiger partial charge is 0.254 e. The first-order valence-electron chi connectivity index (χ1n) is 8.97. The minimum atomic E-state index is -0.646. The molecule has 0 spiro atoms. The van der Waals surface area contributed by atoms with E-state index >= 15 is 0 Å². The minimum Gasteiger partial charge on any atom is -0.356 e.